The molecule has 1 aliphatic rings. The highest BCUT2D eigenvalue weighted by Gasteiger charge is 2.38. The summed E-state index contributed by atoms with van der Waals surface area (Å²) in [6.07, 6.45) is 2.88. The molecule has 0 saturated carbocycles. The number of pyridine rings is 1. The van der Waals surface area contributed by atoms with E-state index in [-0.39, 0.29) is 17.6 Å². The number of hydrogen-bond donors (Lipinski definition) is 2. The summed E-state index contributed by atoms with van der Waals surface area (Å²) in [7, 11) is 0. The third-order valence-electron chi connectivity index (χ3n) is 5.30. The fourth-order valence-electron chi connectivity index (χ4n) is 3.85. The van der Waals surface area contributed by atoms with Crippen molar-refractivity contribution in [2.75, 3.05) is 6.54 Å². The lowest BCUT2D eigenvalue weighted by Gasteiger charge is -2.33. The Hall–Kier alpha value is -3.53. The van der Waals surface area contributed by atoms with Gasteiger partial charge in [-0.15, -0.1) is 0 Å². The minimum absolute atomic E-state index is 0.0600. The van der Waals surface area contributed by atoms with Crippen LogP contribution < -0.4 is 0 Å². The van der Waals surface area contributed by atoms with Crippen molar-refractivity contribution in [1.29, 1.82) is 0 Å². The quantitative estimate of drug-likeness (QED) is 0.536. The summed E-state index contributed by atoms with van der Waals surface area (Å²) in [4.78, 5) is 26.7. The number of aliphatic hydroxyl groups is 1. The van der Waals surface area contributed by atoms with Gasteiger partial charge in [0.15, 0.2) is 0 Å². The molecular formula is C20H19FN6O3. The van der Waals surface area contributed by atoms with Gasteiger partial charge >= 0.3 is 0 Å². The van der Waals surface area contributed by atoms with E-state index in [2.05, 4.69) is 20.1 Å². The molecule has 5 rings (SSSR count). The molecule has 1 unspecified atom stereocenters. The van der Waals surface area contributed by atoms with E-state index in [9.17, 15) is 14.3 Å². The molecule has 0 aliphatic carbocycles. The van der Waals surface area contributed by atoms with Crippen molar-refractivity contribution >= 4 is 11.4 Å². The summed E-state index contributed by atoms with van der Waals surface area (Å²) in [6, 6.07) is 3.93. The molecule has 10 heteroatoms. The van der Waals surface area contributed by atoms with Crippen LogP contribution in [-0.2, 0) is 6.42 Å². The molecule has 1 amide bonds. The van der Waals surface area contributed by atoms with Gasteiger partial charge in [0.1, 0.15) is 23.5 Å². The Labute approximate surface area is 170 Å². The summed E-state index contributed by atoms with van der Waals surface area (Å²) in [5.41, 5.74) is 2.76. The number of carbonyl (C=O) groups excluding carboxylic acids is 1. The van der Waals surface area contributed by atoms with Gasteiger partial charge in [0.05, 0.1) is 23.4 Å². The molecule has 154 valence electrons. The van der Waals surface area contributed by atoms with Crippen molar-refractivity contribution < 1.29 is 18.7 Å². The second kappa shape index (κ2) is 6.77. The predicted octanol–water partition coefficient (Wildman–Crippen LogP) is 2.33. The predicted molar refractivity (Wildman–Crippen MR) is 102 cm³/mol. The first kappa shape index (κ1) is 18.5. The summed E-state index contributed by atoms with van der Waals surface area (Å²) < 4.78 is 21.2. The van der Waals surface area contributed by atoms with Crippen LogP contribution in [0.2, 0.25) is 0 Å². The maximum absolute atomic E-state index is 14.2. The molecule has 4 aromatic rings. The van der Waals surface area contributed by atoms with Crippen molar-refractivity contribution in [3.8, 4) is 0 Å². The van der Waals surface area contributed by atoms with E-state index in [1.807, 2.05) is 0 Å². The number of aliphatic hydroxyl groups excluding tert-OH is 1. The summed E-state index contributed by atoms with van der Waals surface area (Å²) in [5.74, 6) is -0.646. The van der Waals surface area contributed by atoms with E-state index in [1.165, 1.54) is 17.5 Å². The standard InChI is InChI=1S/C20H19FN6O3/c1-10-18(30-19(24-10)11(2)28)20(29)26-7-5-13-16(23-9-22-13)17(26)14-8-15-12(21)4-3-6-27(15)25-14/h3-4,6,8-9,11,17,28H,5,7H2,1-2H3,(H,22,23)/t11?,17-/m1/s1. The number of hydrogen-bond acceptors (Lipinski definition) is 6. The highest BCUT2D eigenvalue weighted by Crippen LogP contribution is 2.35. The average molecular weight is 410 g/mol. The normalized spacial score (nSPS) is 17.3. The van der Waals surface area contributed by atoms with Crippen LogP contribution in [0, 0.1) is 12.7 Å². The fraction of sp³-hybridized carbons (Fsp3) is 0.300. The molecule has 4 aromatic heterocycles. The number of nitrogens with zero attached hydrogens (tertiary/aromatic N) is 5. The molecule has 0 spiro atoms. The molecule has 9 nitrogen and oxygen atoms in total. The van der Waals surface area contributed by atoms with Gasteiger partial charge in [-0.1, -0.05) is 0 Å². The number of aromatic amines is 1. The van der Waals surface area contributed by atoms with E-state index in [0.29, 0.717) is 35.6 Å². The molecule has 5 heterocycles. The van der Waals surface area contributed by atoms with Crippen LogP contribution in [0.5, 0.6) is 0 Å². The Bertz CT molecular complexity index is 1260. The van der Waals surface area contributed by atoms with E-state index < -0.39 is 18.0 Å². The number of aryl methyl sites for hydroxylation is 1. The number of amides is 1. The van der Waals surface area contributed by atoms with Gasteiger partial charge < -0.3 is 19.4 Å². The number of halogens is 1. The van der Waals surface area contributed by atoms with Gasteiger partial charge in [-0.2, -0.15) is 5.10 Å². The molecule has 0 radical (unpaired) electrons. The zero-order chi connectivity index (χ0) is 21.0. The third-order valence-corrected chi connectivity index (χ3v) is 5.30. The smallest absolute Gasteiger partial charge is 0.292 e. The average Bonchev–Trinajstić information content (AvgIpc) is 3.44. The van der Waals surface area contributed by atoms with E-state index in [0.717, 1.165) is 5.69 Å². The Balaban J connectivity index is 1.62. The number of imidazole rings is 1. The minimum Gasteiger partial charge on any atom is -0.432 e. The SMILES string of the molecule is Cc1nc(C(C)O)oc1C(=O)N1CCc2[nH]cnc2[C@H]1c1cc2c(F)cccn2n1. The first-order chi connectivity index (χ1) is 14.4. The number of nitrogens with one attached hydrogen (secondary N) is 1. The van der Waals surface area contributed by atoms with Gasteiger partial charge in [0.25, 0.3) is 5.91 Å². The van der Waals surface area contributed by atoms with Crippen LogP contribution in [0.3, 0.4) is 0 Å². The second-order valence-electron chi connectivity index (χ2n) is 7.32. The van der Waals surface area contributed by atoms with Gasteiger partial charge in [0, 0.05) is 24.9 Å². The lowest BCUT2D eigenvalue weighted by Crippen LogP contribution is -2.41. The molecule has 2 N–H and O–H groups in total. The fourth-order valence-corrected chi connectivity index (χ4v) is 3.85. The van der Waals surface area contributed by atoms with Crippen molar-refractivity contribution in [2.45, 2.75) is 32.4 Å². The maximum Gasteiger partial charge on any atom is 0.292 e. The number of fused-ring (bicyclic) bond motifs is 2. The Morgan fingerprint density at radius 1 is 1.47 bits per heavy atom. The third kappa shape index (κ3) is 2.79. The topological polar surface area (TPSA) is 113 Å². The van der Waals surface area contributed by atoms with Crippen molar-refractivity contribution in [2.24, 2.45) is 0 Å². The maximum atomic E-state index is 14.2. The summed E-state index contributed by atoms with van der Waals surface area (Å²) in [6.45, 7) is 3.56. The highest BCUT2D eigenvalue weighted by molar-refractivity contribution is 5.93. The first-order valence-corrected chi connectivity index (χ1v) is 9.56. The van der Waals surface area contributed by atoms with Crippen LogP contribution in [0.25, 0.3) is 5.52 Å². The molecule has 0 saturated heterocycles. The van der Waals surface area contributed by atoms with E-state index >= 15 is 0 Å². The van der Waals surface area contributed by atoms with Crippen molar-refractivity contribution in [3.05, 3.63) is 71.0 Å². The van der Waals surface area contributed by atoms with Crippen LogP contribution in [0.15, 0.2) is 35.1 Å². The van der Waals surface area contributed by atoms with Gasteiger partial charge in [-0.25, -0.2) is 18.9 Å². The number of oxazole rings is 1. The Kier molecular flexibility index (Phi) is 4.17. The molecule has 0 bridgehead atoms. The largest absolute Gasteiger partial charge is 0.432 e. The first-order valence-electron chi connectivity index (χ1n) is 9.56. The minimum atomic E-state index is -0.929. The molecule has 30 heavy (non-hydrogen) atoms. The van der Waals surface area contributed by atoms with E-state index in [1.54, 1.807) is 36.5 Å². The zero-order valence-corrected chi connectivity index (χ0v) is 16.3. The molecule has 0 fully saturated rings. The molecule has 2 atom stereocenters. The van der Waals surface area contributed by atoms with Crippen molar-refractivity contribution in [3.63, 3.8) is 0 Å². The van der Waals surface area contributed by atoms with E-state index in [4.69, 9.17) is 4.42 Å². The van der Waals surface area contributed by atoms with Crippen LogP contribution in [0.1, 0.15) is 58.3 Å². The molecular weight excluding hydrogens is 391 g/mol. The van der Waals surface area contributed by atoms with Gasteiger partial charge in [-0.3, -0.25) is 4.79 Å². The van der Waals surface area contributed by atoms with Gasteiger partial charge in [-0.05, 0) is 32.0 Å². The number of aromatic nitrogens is 5. The Morgan fingerprint density at radius 2 is 2.30 bits per heavy atom. The zero-order valence-electron chi connectivity index (χ0n) is 16.3. The monoisotopic (exact) mass is 410 g/mol. The highest BCUT2D eigenvalue weighted by atomic mass is 19.1. The van der Waals surface area contributed by atoms with Crippen molar-refractivity contribution in [1.82, 2.24) is 29.5 Å². The number of rotatable bonds is 3. The second-order valence-corrected chi connectivity index (χ2v) is 7.32. The number of H-pyrrole nitrogens is 1. The van der Waals surface area contributed by atoms with Crippen LogP contribution >= 0.6 is 0 Å². The molecule has 1 aliphatic heterocycles. The van der Waals surface area contributed by atoms with Crippen LogP contribution in [-0.4, -0.2) is 47.0 Å². The van der Waals surface area contributed by atoms with Gasteiger partial charge in [0.2, 0.25) is 11.7 Å². The summed E-state index contributed by atoms with van der Waals surface area (Å²) in [5, 5.41) is 14.2. The van der Waals surface area contributed by atoms with Crippen LogP contribution in [0.4, 0.5) is 4.39 Å². The number of carbonyl (C=O) groups is 1. The lowest BCUT2D eigenvalue weighted by molar-refractivity contribution is 0.0644. The Morgan fingerprint density at radius 3 is 3.03 bits per heavy atom. The lowest BCUT2D eigenvalue weighted by atomic mass is 9.99. The molecule has 0 aromatic carbocycles. The summed E-state index contributed by atoms with van der Waals surface area (Å²) >= 11 is 0.